The van der Waals surface area contributed by atoms with Gasteiger partial charge < -0.3 is 5.11 Å². The Morgan fingerprint density at radius 2 is 2.23 bits per heavy atom. The molecular weight excluding hydrogens is 360 g/mol. The van der Waals surface area contributed by atoms with Crippen molar-refractivity contribution in [3.05, 3.63) is 30.0 Å². The van der Waals surface area contributed by atoms with Crippen LogP contribution in [0.4, 0.5) is 10.1 Å². The van der Waals surface area contributed by atoms with Gasteiger partial charge in [0.05, 0.1) is 13.0 Å². The molecule has 1 aromatic carbocycles. The average molecular weight is 362 g/mol. The van der Waals surface area contributed by atoms with Gasteiger partial charge in [0, 0.05) is 6.07 Å². The molecule has 0 amide bonds. The molecule has 13 heavy (non-hydrogen) atoms. The third-order valence-electron chi connectivity index (χ3n) is 1.31. The first kappa shape index (κ1) is 10.6. The van der Waals surface area contributed by atoms with E-state index in [0.717, 1.165) is 6.07 Å². The average Bonchev–Trinajstić information content (AvgIpc) is 2.07. The lowest BCUT2D eigenvalue weighted by Gasteiger charge is -2.01. The summed E-state index contributed by atoms with van der Waals surface area (Å²) in [5.74, 6) is -1.35. The second-order valence-electron chi connectivity index (χ2n) is 2.11. The number of benzene rings is 1. The Morgan fingerprint density at radius 3 is 2.69 bits per heavy atom. The molecular formula is C6H2BrFINO3. The number of nitro benzene ring substituents is 1. The van der Waals surface area contributed by atoms with Crippen molar-refractivity contribution in [3.8, 4) is 5.75 Å². The van der Waals surface area contributed by atoms with Crippen molar-refractivity contribution in [1.29, 1.82) is 0 Å². The smallest absolute Gasteiger partial charge is 0.313 e. The van der Waals surface area contributed by atoms with Crippen LogP contribution in [-0.4, -0.2) is 10.0 Å². The monoisotopic (exact) mass is 361 g/mol. The molecule has 0 heterocycles. The number of hydrogen-bond donors (Lipinski definition) is 1. The fraction of sp³-hybridized carbons (Fsp3) is 0. The first-order valence-corrected chi connectivity index (χ1v) is 4.83. The van der Waals surface area contributed by atoms with Crippen molar-refractivity contribution in [2.45, 2.75) is 0 Å². The molecule has 0 atom stereocenters. The van der Waals surface area contributed by atoms with Gasteiger partial charge in [-0.05, 0) is 38.5 Å². The molecule has 70 valence electrons. The summed E-state index contributed by atoms with van der Waals surface area (Å²) in [6, 6.07) is 0.923. The van der Waals surface area contributed by atoms with E-state index in [4.69, 9.17) is 5.11 Å². The zero-order chi connectivity index (χ0) is 10.2. The van der Waals surface area contributed by atoms with E-state index in [2.05, 4.69) is 15.9 Å². The van der Waals surface area contributed by atoms with Crippen LogP contribution in [0.3, 0.4) is 0 Å². The van der Waals surface area contributed by atoms with Gasteiger partial charge in [-0.3, -0.25) is 10.1 Å². The third-order valence-corrected chi connectivity index (χ3v) is 2.87. The van der Waals surface area contributed by atoms with Crippen LogP contribution in [0.25, 0.3) is 0 Å². The molecule has 0 aliphatic rings. The van der Waals surface area contributed by atoms with Crippen molar-refractivity contribution < 1.29 is 14.4 Å². The van der Waals surface area contributed by atoms with Crippen LogP contribution in [0.2, 0.25) is 0 Å². The molecule has 1 rings (SSSR count). The summed E-state index contributed by atoms with van der Waals surface area (Å²) in [5.41, 5.74) is -0.516. The minimum Gasteiger partial charge on any atom is -0.501 e. The minimum atomic E-state index is -0.776. The summed E-state index contributed by atoms with van der Waals surface area (Å²) < 4.78 is 12.8. The minimum absolute atomic E-state index is 0.0404. The Kier molecular flexibility index (Phi) is 3.06. The van der Waals surface area contributed by atoms with Gasteiger partial charge in [-0.1, -0.05) is 0 Å². The Labute approximate surface area is 94.2 Å². The summed E-state index contributed by atoms with van der Waals surface area (Å²) in [6.07, 6.45) is 0. The van der Waals surface area contributed by atoms with Crippen molar-refractivity contribution in [2.75, 3.05) is 0 Å². The highest BCUT2D eigenvalue weighted by atomic mass is 127. The number of rotatable bonds is 1. The van der Waals surface area contributed by atoms with E-state index in [1.807, 2.05) is 0 Å². The van der Waals surface area contributed by atoms with Crippen molar-refractivity contribution in [2.24, 2.45) is 0 Å². The Balaban J connectivity index is 3.50. The largest absolute Gasteiger partial charge is 0.501 e. The fourth-order valence-electron chi connectivity index (χ4n) is 0.712. The predicted octanol–water partition coefficient (Wildman–Crippen LogP) is 2.81. The molecule has 0 aliphatic carbocycles. The number of phenolic OH excluding ortho intramolecular Hbond substituents is 1. The highest BCUT2D eigenvalue weighted by molar-refractivity contribution is 14.1. The quantitative estimate of drug-likeness (QED) is 0.362. The summed E-state index contributed by atoms with van der Waals surface area (Å²) in [4.78, 5) is 9.56. The number of aromatic hydroxyl groups is 1. The van der Waals surface area contributed by atoms with E-state index < -0.39 is 22.2 Å². The van der Waals surface area contributed by atoms with E-state index in [1.165, 1.54) is 22.6 Å². The van der Waals surface area contributed by atoms with Gasteiger partial charge in [-0.25, -0.2) is 4.39 Å². The van der Waals surface area contributed by atoms with E-state index >= 15 is 0 Å². The lowest BCUT2D eigenvalue weighted by atomic mass is 10.3. The first-order chi connectivity index (χ1) is 5.95. The maximum absolute atomic E-state index is 13.0. The topological polar surface area (TPSA) is 63.4 Å². The molecule has 0 bridgehead atoms. The van der Waals surface area contributed by atoms with Crippen LogP contribution >= 0.6 is 38.5 Å². The molecule has 1 aromatic rings. The summed E-state index contributed by atoms with van der Waals surface area (Å²) in [6.45, 7) is 0. The third kappa shape index (κ3) is 1.90. The van der Waals surface area contributed by atoms with Crippen molar-refractivity contribution in [3.63, 3.8) is 0 Å². The van der Waals surface area contributed by atoms with E-state index in [9.17, 15) is 14.5 Å². The normalized spacial score (nSPS) is 10.1. The van der Waals surface area contributed by atoms with Crippen LogP contribution in [0.1, 0.15) is 0 Å². The lowest BCUT2D eigenvalue weighted by molar-refractivity contribution is -0.386. The second-order valence-corrected chi connectivity index (χ2v) is 4.04. The fourth-order valence-corrected chi connectivity index (χ4v) is 2.06. The highest BCUT2D eigenvalue weighted by Gasteiger charge is 2.21. The Morgan fingerprint density at radius 1 is 1.69 bits per heavy atom. The van der Waals surface area contributed by atoms with E-state index in [0.29, 0.717) is 0 Å². The highest BCUT2D eigenvalue weighted by Crippen LogP contribution is 2.36. The molecule has 0 radical (unpaired) electrons. The molecule has 0 spiro atoms. The summed E-state index contributed by atoms with van der Waals surface area (Å²) >= 11 is 4.30. The zero-order valence-electron chi connectivity index (χ0n) is 5.92. The van der Waals surface area contributed by atoms with Crippen LogP contribution in [0.15, 0.2) is 10.5 Å². The van der Waals surface area contributed by atoms with Crippen LogP contribution in [0, 0.1) is 19.5 Å². The number of nitro groups is 1. The molecule has 1 N–H and O–H groups in total. The number of hydrogen-bond acceptors (Lipinski definition) is 3. The molecule has 0 unspecified atom stereocenters. The summed E-state index contributed by atoms with van der Waals surface area (Å²) in [5, 5.41) is 19.5. The first-order valence-electron chi connectivity index (χ1n) is 2.96. The molecule has 0 aromatic heterocycles. The van der Waals surface area contributed by atoms with Crippen LogP contribution in [0.5, 0.6) is 5.75 Å². The number of phenols is 1. The maximum Gasteiger partial charge on any atom is 0.313 e. The van der Waals surface area contributed by atoms with Crippen LogP contribution in [-0.2, 0) is 0 Å². The molecule has 0 saturated carbocycles. The number of nitrogens with zero attached hydrogens (tertiary/aromatic N) is 1. The molecule has 0 aliphatic heterocycles. The zero-order valence-corrected chi connectivity index (χ0v) is 9.67. The SMILES string of the molecule is O=[N+]([O-])c1cc(Br)c(F)c(I)c1O. The van der Waals surface area contributed by atoms with E-state index in [1.54, 1.807) is 0 Å². The van der Waals surface area contributed by atoms with Gasteiger partial charge in [0.25, 0.3) is 0 Å². The maximum atomic E-state index is 13.0. The standard InChI is InChI=1S/C6H2BrFINO3/c7-2-1-3(10(12)13)6(11)5(9)4(2)8/h1,11H. The van der Waals surface area contributed by atoms with E-state index in [-0.39, 0.29) is 8.04 Å². The number of halogens is 3. The molecule has 4 nitrogen and oxygen atoms in total. The van der Waals surface area contributed by atoms with Gasteiger partial charge >= 0.3 is 5.69 Å². The Hall–Kier alpha value is -0.440. The molecule has 7 heteroatoms. The lowest BCUT2D eigenvalue weighted by Crippen LogP contribution is -1.93. The van der Waals surface area contributed by atoms with Gasteiger partial charge in [-0.15, -0.1) is 0 Å². The predicted molar refractivity (Wildman–Crippen MR) is 55.1 cm³/mol. The van der Waals surface area contributed by atoms with Crippen molar-refractivity contribution >= 4 is 44.2 Å². The molecule has 0 fully saturated rings. The van der Waals surface area contributed by atoms with Gasteiger partial charge in [0.1, 0.15) is 0 Å². The van der Waals surface area contributed by atoms with Crippen LogP contribution < -0.4 is 0 Å². The Bertz CT molecular complexity index is 385. The molecule has 0 saturated heterocycles. The van der Waals surface area contributed by atoms with Crippen molar-refractivity contribution in [1.82, 2.24) is 0 Å². The van der Waals surface area contributed by atoms with Gasteiger partial charge in [0.2, 0.25) is 5.75 Å². The second kappa shape index (κ2) is 3.74. The summed E-state index contributed by atoms with van der Waals surface area (Å²) in [7, 11) is 0. The van der Waals surface area contributed by atoms with Gasteiger partial charge in [0.15, 0.2) is 5.82 Å². The van der Waals surface area contributed by atoms with Gasteiger partial charge in [-0.2, -0.15) is 0 Å².